The van der Waals surface area contributed by atoms with E-state index in [2.05, 4.69) is 58.6 Å². The minimum absolute atomic E-state index is 0.0971. The maximum atomic E-state index is 12.5. The number of nitrogens with one attached hydrogen (secondary N) is 2. The van der Waals surface area contributed by atoms with Crippen LogP contribution in [0.4, 0.5) is 5.69 Å². The second-order valence-electron chi connectivity index (χ2n) is 8.40. The molecule has 0 bridgehead atoms. The molecule has 1 amide bonds. The van der Waals surface area contributed by atoms with E-state index in [1.165, 1.54) is 24.1 Å². The van der Waals surface area contributed by atoms with E-state index >= 15 is 0 Å². The van der Waals surface area contributed by atoms with Gasteiger partial charge in [-0.3, -0.25) is 9.79 Å². The van der Waals surface area contributed by atoms with E-state index in [1.807, 2.05) is 37.4 Å². The van der Waals surface area contributed by atoms with Crippen LogP contribution in [-0.2, 0) is 11.3 Å². The molecule has 0 radical (unpaired) electrons. The molecule has 3 rings (SSSR count). The van der Waals surface area contributed by atoms with Crippen LogP contribution < -0.4 is 15.5 Å². The van der Waals surface area contributed by atoms with Crippen molar-refractivity contribution in [2.24, 2.45) is 4.99 Å². The standard InChI is InChI=1S/C26H37N5O/c1-4-27-26(28-16-15-25(32)30(3)20-22-11-6-5-7-12-22)29-21(2)23-13-10-14-24(19-23)31-17-8-9-18-31/h5-7,10-14,19,21H,4,8-9,15-18,20H2,1-3H3,(H2,27,28,29). The predicted molar refractivity (Wildman–Crippen MR) is 133 cm³/mol. The Labute approximate surface area is 192 Å². The molecule has 2 aromatic rings. The molecule has 0 aliphatic carbocycles. The molecule has 32 heavy (non-hydrogen) atoms. The zero-order valence-corrected chi connectivity index (χ0v) is 19.7. The highest BCUT2D eigenvalue weighted by atomic mass is 16.2. The highest BCUT2D eigenvalue weighted by Gasteiger charge is 2.15. The fraction of sp³-hybridized carbons (Fsp3) is 0.462. The molecule has 6 heteroatoms. The number of hydrogen-bond acceptors (Lipinski definition) is 3. The van der Waals surface area contributed by atoms with E-state index in [4.69, 9.17) is 0 Å². The van der Waals surface area contributed by atoms with E-state index in [1.54, 1.807) is 4.90 Å². The van der Waals surface area contributed by atoms with Gasteiger partial charge in [-0.05, 0) is 49.9 Å². The first kappa shape index (κ1) is 23.6. The average molecular weight is 436 g/mol. The fourth-order valence-electron chi connectivity index (χ4n) is 3.97. The van der Waals surface area contributed by atoms with Crippen LogP contribution in [0.15, 0.2) is 59.6 Å². The number of amides is 1. The van der Waals surface area contributed by atoms with Crippen molar-refractivity contribution >= 4 is 17.6 Å². The van der Waals surface area contributed by atoms with Gasteiger partial charge in [0.25, 0.3) is 0 Å². The first-order valence-electron chi connectivity index (χ1n) is 11.7. The number of carbonyl (C=O) groups excluding carboxylic acids is 1. The number of anilines is 1. The summed E-state index contributed by atoms with van der Waals surface area (Å²) in [6, 6.07) is 18.9. The smallest absolute Gasteiger partial charge is 0.224 e. The quantitative estimate of drug-likeness (QED) is 0.463. The summed E-state index contributed by atoms with van der Waals surface area (Å²) in [6.45, 7) is 8.32. The number of aliphatic imine (C=N–C) groups is 1. The molecule has 2 aromatic carbocycles. The lowest BCUT2D eigenvalue weighted by Crippen LogP contribution is -2.39. The molecule has 1 unspecified atom stereocenters. The van der Waals surface area contributed by atoms with Crippen LogP contribution in [0.25, 0.3) is 0 Å². The Balaban J connectivity index is 1.53. The van der Waals surface area contributed by atoms with Crippen LogP contribution in [0.5, 0.6) is 0 Å². The van der Waals surface area contributed by atoms with Crippen molar-refractivity contribution in [3.8, 4) is 0 Å². The normalized spacial score (nSPS) is 14.8. The van der Waals surface area contributed by atoms with Crippen LogP contribution in [0.2, 0.25) is 0 Å². The molecule has 0 spiro atoms. The van der Waals surface area contributed by atoms with E-state index in [-0.39, 0.29) is 11.9 Å². The van der Waals surface area contributed by atoms with Crippen molar-refractivity contribution in [1.82, 2.24) is 15.5 Å². The summed E-state index contributed by atoms with van der Waals surface area (Å²) in [4.78, 5) is 21.4. The van der Waals surface area contributed by atoms with Crippen LogP contribution in [0.1, 0.15) is 50.3 Å². The van der Waals surface area contributed by atoms with Gasteiger partial charge in [0, 0.05) is 45.3 Å². The minimum Gasteiger partial charge on any atom is -0.372 e. The second-order valence-corrected chi connectivity index (χ2v) is 8.40. The summed E-state index contributed by atoms with van der Waals surface area (Å²) in [6.07, 6.45) is 2.93. The van der Waals surface area contributed by atoms with Crippen LogP contribution in [-0.4, -0.2) is 50.0 Å². The molecule has 6 nitrogen and oxygen atoms in total. The van der Waals surface area contributed by atoms with E-state index in [9.17, 15) is 4.79 Å². The lowest BCUT2D eigenvalue weighted by Gasteiger charge is -2.22. The maximum absolute atomic E-state index is 12.5. The molecule has 172 valence electrons. The van der Waals surface area contributed by atoms with Gasteiger partial charge in [0.05, 0.1) is 12.6 Å². The lowest BCUT2D eigenvalue weighted by molar-refractivity contribution is -0.130. The van der Waals surface area contributed by atoms with E-state index in [0.717, 1.165) is 31.2 Å². The summed E-state index contributed by atoms with van der Waals surface area (Å²) < 4.78 is 0. The average Bonchev–Trinajstić information content (AvgIpc) is 3.35. The molecule has 0 saturated carbocycles. The van der Waals surface area contributed by atoms with Gasteiger partial charge >= 0.3 is 0 Å². The van der Waals surface area contributed by atoms with Gasteiger partial charge in [0.1, 0.15) is 0 Å². The molecule has 1 aliphatic rings. The van der Waals surface area contributed by atoms with Gasteiger partial charge < -0.3 is 20.4 Å². The van der Waals surface area contributed by atoms with Gasteiger partial charge in [0.15, 0.2) is 5.96 Å². The molecule has 1 saturated heterocycles. The maximum Gasteiger partial charge on any atom is 0.224 e. The molecular formula is C26H37N5O. The number of hydrogen-bond donors (Lipinski definition) is 2. The number of carbonyl (C=O) groups is 1. The Morgan fingerprint density at radius 2 is 1.88 bits per heavy atom. The Bertz CT molecular complexity index is 877. The van der Waals surface area contributed by atoms with Gasteiger partial charge in [-0.1, -0.05) is 42.5 Å². The van der Waals surface area contributed by atoms with Crippen molar-refractivity contribution in [3.63, 3.8) is 0 Å². The summed E-state index contributed by atoms with van der Waals surface area (Å²) in [5, 5.41) is 6.79. The summed E-state index contributed by atoms with van der Waals surface area (Å²) >= 11 is 0. The zero-order chi connectivity index (χ0) is 22.8. The van der Waals surface area contributed by atoms with Crippen molar-refractivity contribution < 1.29 is 4.79 Å². The largest absolute Gasteiger partial charge is 0.372 e. The Morgan fingerprint density at radius 3 is 2.59 bits per heavy atom. The van der Waals surface area contributed by atoms with Crippen LogP contribution >= 0.6 is 0 Å². The molecule has 1 fully saturated rings. The third-order valence-corrected chi connectivity index (χ3v) is 5.82. The number of nitrogens with zero attached hydrogens (tertiary/aromatic N) is 3. The Hall–Kier alpha value is -3.02. The third-order valence-electron chi connectivity index (χ3n) is 5.82. The summed E-state index contributed by atoms with van der Waals surface area (Å²) in [7, 11) is 1.85. The van der Waals surface area contributed by atoms with Crippen LogP contribution in [0.3, 0.4) is 0 Å². The fourth-order valence-corrected chi connectivity index (χ4v) is 3.97. The first-order chi connectivity index (χ1) is 15.6. The first-order valence-corrected chi connectivity index (χ1v) is 11.7. The molecule has 0 aromatic heterocycles. The van der Waals surface area contributed by atoms with Gasteiger partial charge in [-0.25, -0.2) is 0 Å². The Morgan fingerprint density at radius 1 is 1.12 bits per heavy atom. The third kappa shape index (κ3) is 7.01. The van der Waals surface area contributed by atoms with Crippen molar-refractivity contribution in [2.45, 2.75) is 45.7 Å². The summed E-state index contributed by atoms with van der Waals surface area (Å²) in [5.41, 5.74) is 3.66. The SMILES string of the molecule is CCNC(=NCCC(=O)N(C)Cc1ccccc1)NC(C)c1cccc(N2CCCC2)c1. The molecule has 1 heterocycles. The van der Waals surface area contributed by atoms with Crippen molar-refractivity contribution in [1.29, 1.82) is 0 Å². The predicted octanol–water partition coefficient (Wildman–Crippen LogP) is 3.95. The number of rotatable bonds is 9. The molecular weight excluding hydrogens is 398 g/mol. The molecule has 2 N–H and O–H groups in total. The minimum atomic E-state index is 0.0971. The highest BCUT2D eigenvalue weighted by Crippen LogP contribution is 2.23. The van der Waals surface area contributed by atoms with Crippen LogP contribution in [0, 0.1) is 0 Å². The Kier molecular flexibility index (Phi) is 8.96. The van der Waals surface area contributed by atoms with Gasteiger partial charge in [-0.15, -0.1) is 0 Å². The van der Waals surface area contributed by atoms with Gasteiger partial charge in [0.2, 0.25) is 5.91 Å². The van der Waals surface area contributed by atoms with E-state index < -0.39 is 0 Å². The zero-order valence-electron chi connectivity index (χ0n) is 19.7. The topological polar surface area (TPSA) is 60.0 Å². The van der Waals surface area contributed by atoms with Gasteiger partial charge in [-0.2, -0.15) is 0 Å². The second kappa shape index (κ2) is 12.1. The molecule has 1 atom stereocenters. The summed E-state index contributed by atoms with van der Waals surface area (Å²) in [5.74, 6) is 0.838. The number of benzene rings is 2. The van der Waals surface area contributed by atoms with Crippen molar-refractivity contribution in [2.75, 3.05) is 38.1 Å². The van der Waals surface area contributed by atoms with Crippen molar-refractivity contribution in [3.05, 3.63) is 65.7 Å². The monoisotopic (exact) mass is 435 g/mol. The molecule has 1 aliphatic heterocycles. The number of guanidine groups is 1. The van der Waals surface area contributed by atoms with E-state index in [0.29, 0.717) is 19.5 Å². The lowest BCUT2D eigenvalue weighted by atomic mass is 10.1. The highest BCUT2D eigenvalue weighted by molar-refractivity contribution is 5.81.